The average molecular weight is 298 g/mol. The molecule has 0 spiro atoms. The van der Waals surface area contributed by atoms with Gasteiger partial charge in [0.2, 0.25) is 0 Å². The molecule has 0 bridgehead atoms. The average Bonchev–Trinajstić information content (AvgIpc) is 2.56. The second kappa shape index (κ2) is 9.74. The zero-order chi connectivity index (χ0) is 14.8. The van der Waals surface area contributed by atoms with Crippen LogP contribution in [0, 0.1) is 0 Å². The van der Waals surface area contributed by atoms with Crippen LogP contribution in [0.4, 0.5) is 0 Å². The van der Waals surface area contributed by atoms with Gasteiger partial charge >= 0.3 is 0 Å². The van der Waals surface area contributed by atoms with Crippen LogP contribution in [0.25, 0.3) is 0 Å². The molecule has 1 heteroatoms. The van der Waals surface area contributed by atoms with E-state index in [1.807, 2.05) is 0 Å². The van der Waals surface area contributed by atoms with Crippen LogP contribution in [-0.2, 0) is 0 Å². The second-order valence-corrected chi connectivity index (χ2v) is 6.30. The van der Waals surface area contributed by atoms with Gasteiger partial charge in [0.15, 0.2) is 0 Å². The molecule has 0 N–H and O–H groups in total. The molecule has 0 saturated carbocycles. The van der Waals surface area contributed by atoms with E-state index in [2.05, 4.69) is 69.9 Å². The summed E-state index contributed by atoms with van der Waals surface area (Å²) in [7, 11) is 2.82. The summed E-state index contributed by atoms with van der Waals surface area (Å²) in [6.45, 7) is 0. The zero-order valence-corrected chi connectivity index (χ0v) is 14.0. The van der Waals surface area contributed by atoms with Crippen LogP contribution in [-0.4, -0.2) is 6.16 Å². The third-order valence-corrected chi connectivity index (χ3v) is 4.51. The Morgan fingerprint density at radius 3 is 1.62 bits per heavy atom. The summed E-state index contributed by atoms with van der Waals surface area (Å²) >= 11 is 0. The highest BCUT2D eigenvalue weighted by Gasteiger charge is 2.12. The van der Waals surface area contributed by atoms with E-state index in [-0.39, 0.29) is 0 Å². The molecule has 0 aliphatic carbocycles. The van der Waals surface area contributed by atoms with Gasteiger partial charge in [-0.15, -0.1) is 9.24 Å². The van der Waals surface area contributed by atoms with E-state index in [4.69, 9.17) is 0 Å². The molecule has 2 rings (SSSR count). The van der Waals surface area contributed by atoms with Gasteiger partial charge in [0.25, 0.3) is 0 Å². The number of benzene rings is 2. The molecule has 112 valence electrons. The molecule has 0 nitrogen and oxygen atoms in total. The summed E-state index contributed by atoms with van der Waals surface area (Å²) in [4.78, 5) is 0. The van der Waals surface area contributed by atoms with Gasteiger partial charge in [-0.05, 0) is 30.1 Å². The Balaban J connectivity index is 1.94. The minimum Gasteiger partial charge on any atom is -0.138 e. The normalized spacial score (nSPS) is 11.0. The number of unbranched alkanes of at least 4 members (excludes halogenated alkanes) is 4. The van der Waals surface area contributed by atoms with Crippen LogP contribution in [0.15, 0.2) is 60.7 Å². The first-order valence-electron chi connectivity index (χ1n) is 8.22. The van der Waals surface area contributed by atoms with Crippen molar-refractivity contribution in [2.45, 2.75) is 44.4 Å². The van der Waals surface area contributed by atoms with Crippen molar-refractivity contribution in [3.8, 4) is 0 Å². The molecule has 0 amide bonds. The quantitative estimate of drug-likeness (QED) is 0.391. The summed E-state index contributed by atoms with van der Waals surface area (Å²) in [6.07, 6.45) is 9.30. The lowest BCUT2D eigenvalue weighted by molar-refractivity contribution is 0.581. The summed E-state index contributed by atoms with van der Waals surface area (Å²) in [5, 5.41) is 0. The van der Waals surface area contributed by atoms with Gasteiger partial charge in [-0.3, -0.25) is 0 Å². The smallest absolute Gasteiger partial charge is 0.00893 e. The fourth-order valence-electron chi connectivity index (χ4n) is 2.92. The fourth-order valence-corrected chi connectivity index (χ4v) is 3.21. The molecule has 21 heavy (non-hydrogen) atoms. The van der Waals surface area contributed by atoms with Crippen LogP contribution >= 0.6 is 9.24 Å². The molecule has 0 aliphatic rings. The van der Waals surface area contributed by atoms with Gasteiger partial charge in [0, 0.05) is 5.92 Å². The van der Waals surface area contributed by atoms with Gasteiger partial charge < -0.3 is 0 Å². The third kappa shape index (κ3) is 5.64. The highest BCUT2D eigenvalue weighted by molar-refractivity contribution is 7.16. The Morgan fingerprint density at radius 2 is 1.10 bits per heavy atom. The Morgan fingerprint density at radius 1 is 0.619 bits per heavy atom. The summed E-state index contributed by atoms with van der Waals surface area (Å²) in [5.74, 6) is 0.550. The standard InChI is InChI=1S/C20H27P/c21-17-11-3-1-2-10-16-20(18-12-6-4-7-13-18)19-14-8-5-9-15-19/h4-9,12-15,20H,1-3,10-11,16-17,21H2. The third-order valence-electron chi connectivity index (χ3n) is 4.10. The van der Waals surface area contributed by atoms with E-state index < -0.39 is 0 Å². The van der Waals surface area contributed by atoms with Gasteiger partial charge in [-0.25, -0.2) is 0 Å². The van der Waals surface area contributed by atoms with E-state index >= 15 is 0 Å². The molecule has 1 atom stereocenters. The number of hydrogen-bond donors (Lipinski definition) is 0. The molecule has 0 heterocycles. The first-order valence-corrected chi connectivity index (χ1v) is 9.03. The van der Waals surface area contributed by atoms with Crippen LogP contribution in [0.3, 0.4) is 0 Å². The minimum atomic E-state index is 0.550. The Hall–Kier alpha value is -1.13. The van der Waals surface area contributed by atoms with Crippen molar-refractivity contribution in [3.63, 3.8) is 0 Å². The van der Waals surface area contributed by atoms with Gasteiger partial charge in [0.1, 0.15) is 0 Å². The van der Waals surface area contributed by atoms with E-state index in [1.165, 1.54) is 55.8 Å². The van der Waals surface area contributed by atoms with Crippen LogP contribution in [0.2, 0.25) is 0 Å². The Bertz CT molecular complexity index is 438. The molecule has 0 fully saturated rings. The van der Waals surface area contributed by atoms with Crippen molar-refractivity contribution in [2.24, 2.45) is 0 Å². The lowest BCUT2D eigenvalue weighted by Gasteiger charge is -2.18. The minimum absolute atomic E-state index is 0.550. The molecule has 2 aromatic carbocycles. The predicted octanol–water partition coefficient (Wildman–Crippen LogP) is 6.03. The van der Waals surface area contributed by atoms with E-state index in [0.717, 1.165) is 0 Å². The number of rotatable bonds is 9. The molecule has 0 aromatic heterocycles. The lowest BCUT2D eigenvalue weighted by Crippen LogP contribution is -2.01. The van der Waals surface area contributed by atoms with Crippen molar-refractivity contribution >= 4 is 9.24 Å². The van der Waals surface area contributed by atoms with E-state index in [1.54, 1.807) is 0 Å². The maximum absolute atomic E-state index is 2.82. The van der Waals surface area contributed by atoms with Crippen molar-refractivity contribution in [2.75, 3.05) is 6.16 Å². The highest BCUT2D eigenvalue weighted by atomic mass is 31.0. The molecule has 1 unspecified atom stereocenters. The van der Waals surface area contributed by atoms with Gasteiger partial charge in [-0.2, -0.15) is 0 Å². The van der Waals surface area contributed by atoms with Crippen molar-refractivity contribution in [3.05, 3.63) is 71.8 Å². The van der Waals surface area contributed by atoms with Crippen molar-refractivity contribution in [1.82, 2.24) is 0 Å². The number of hydrogen-bond acceptors (Lipinski definition) is 0. The zero-order valence-electron chi connectivity index (χ0n) is 12.9. The monoisotopic (exact) mass is 298 g/mol. The van der Waals surface area contributed by atoms with Crippen molar-refractivity contribution in [1.29, 1.82) is 0 Å². The molecular formula is C20H27P. The van der Waals surface area contributed by atoms with Gasteiger partial charge in [0.05, 0.1) is 0 Å². The molecule has 0 aliphatic heterocycles. The SMILES string of the molecule is PCCCCCCCC(c1ccccc1)c1ccccc1. The predicted molar refractivity (Wildman–Crippen MR) is 97.0 cm³/mol. The highest BCUT2D eigenvalue weighted by Crippen LogP contribution is 2.29. The van der Waals surface area contributed by atoms with Gasteiger partial charge in [-0.1, -0.05) is 86.3 Å². The molecule has 2 aromatic rings. The van der Waals surface area contributed by atoms with Crippen molar-refractivity contribution < 1.29 is 0 Å². The van der Waals surface area contributed by atoms with E-state index in [9.17, 15) is 0 Å². The molecular weight excluding hydrogens is 271 g/mol. The lowest BCUT2D eigenvalue weighted by atomic mass is 9.87. The summed E-state index contributed by atoms with van der Waals surface area (Å²) in [5.41, 5.74) is 2.90. The first kappa shape index (κ1) is 16.2. The summed E-state index contributed by atoms with van der Waals surface area (Å²) in [6, 6.07) is 21.9. The topological polar surface area (TPSA) is 0 Å². The van der Waals surface area contributed by atoms with E-state index in [0.29, 0.717) is 5.92 Å². The van der Waals surface area contributed by atoms with Crippen LogP contribution in [0.1, 0.15) is 55.6 Å². The first-order chi connectivity index (χ1) is 10.4. The fraction of sp³-hybridized carbons (Fsp3) is 0.400. The second-order valence-electron chi connectivity index (χ2n) is 5.72. The van der Waals surface area contributed by atoms with Crippen LogP contribution < -0.4 is 0 Å². The molecule has 0 saturated heterocycles. The summed E-state index contributed by atoms with van der Waals surface area (Å²) < 4.78 is 0. The Kier molecular flexibility index (Phi) is 7.54. The maximum atomic E-state index is 2.82. The molecule has 0 radical (unpaired) electrons. The Labute approximate surface area is 132 Å². The largest absolute Gasteiger partial charge is 0.138 e. The maximum Gasteiger partial charge on any atom is 0.00893 e. The van der Waals surface area contributed by atoms with Crippen LogP contribution in [0.5, 0.6) is 0 Å².